The summed E-state index contributed by atoms with van der Waals surface area (Å²) in [5, 5.41) is 13.9. The molecular formula is C23H32FNO. The number of aryl methyl sites for hydroxylation is 3. The topological polar surface area (TPSA) is 32.3 Å². The zero-order valence-electron chi connectivity index (χ0n) is 16.5. The SMILES string of the molecule is CCc1cccc(C(C)(CC)NCC(O)CCc2cc(C)cc(F)c2)c1. The molecule has 0 saturated carbocycles. The molecule has 0 fully saturated rings. The Bertz CT molecular complexity index is 695. The van der Waals surface area contributed by atoms with Crippen molar-refractivity contribution >= 4 is 0 Å². The van der Waals surface area contributed by atoms with Gasteiger partial charge in [0.05, 0.1) is 6.10 Å². The molecule has 26 heavy (non-hydrogen) atoms. The summed E-state index contributed by atoms with van der Waals surface area (Å²) in [6.07, 6.45) is 2.79. The molecule has 2 unspecified atom stereocenters. The minimum atomic E-state index is -0.459. The van der Waals surface area contributed by atoms with E-state index in [1.165, 1.54) is 17.2 Å². The van der Waals surface area contributed by atoms with Crippen LogP contribution in [0.15, 0.2) is 42.5 Å². The Kier molecular flexibility index (Phi) is 7.36. The van der Waals surface area contributed by atoms with E-state index in [2.05, 4.69) is 50.4 Å². The number of benzene rings is 2. The van der Waals surface area contributed by atoms with Crippen molar-refractivity contribution in [3.8, 4) is 0 Å². The van der Waals surface area contributed by atoms with Crippen LogP contribution in [0.4, 0.5) is 4.39 Å². The maximum absolute atomic E-state index is 13.5. The molecule has 0 spiro atoms. The molecule has 3 heteroatoms. The van der Waals surface area contributed by atoms with E-state index in [1.807, 2.05) is 13.0 Å². The Hall–Kier alpha value is -1.71. The zero-order valence-corrected chi connectivity index (χ0v) is 16.5. The van der Waals surface area contributed by atoms with E-state index in [1.54, 1.807) is 6.07 Å². The maximum Gasteiger partial charge on any atom is 0.123 e. The van der Waals surface area contributed by atoms with Crippen molar-refractivity contribution in [2.24, 2.45) is 0 Å². The fourth-order valence-corrected chi connectivity index (χ4v) is 3.30. The number of nitrogens with one attached hydrogen (secondary N) is 1. The molecule has 0 aliphatic rings. The van der Waals surface area contributed by atoms with Gasteiger partial charge in [0.25, 0.3) is 0 Å². The Labute approximate surface area is 157 Å². The third-order valence-electron chi connectivity index (χ3n) is 5.28. The van der Waals surface area contributed by atoms with Gasteiger partial charge >= 0.3 is 0 Å². The lowest BCUT2D eigenvalue weighted by Crippen LogP contribution is -2.43. The van der Waals surface area contributed by atoms with Crippen molar-refractivity contribution in [1.29, 1.82) is 0 Å². The lowest BCUT2D eigenvalue weighted by atomic mass is 9.87. The minimum Gasteiger partial charge on any atom is -0.392 e. The van der Waals surface area contributed by atoms with E-state index in [9.17, 15) is 9.50 Å². The summed E-state index contributed by atoms with van der Waals surface area (Å²) in [5.41, 5.74) is 4.28. The molecule has 0 amide bonds. The molecule has 0 bridgehead atoms. The lowest BCUT2D eigenvalue weighted by Gasteiger charge is -2.32. The van der Waals surface area contributed by atoms with Crippen LogP contribution in [0.1, 0.15) is 55.9 Å². The molecular weight excluding hydrogens is 325 g/mol. The van der Waals surface area contributed by atoms with Crippen LogP contribution in [0.25, 0.3) is 0 Å². The van der Waals surface area contributed by atoms with Gasteiger partial charge in [-0.05, 0) is 73.9 Å². The molecule has 2 rings (SSSR count). The van der Waals surface area contributed by atoms with E-state index < -0.39 is 6.10 Å². The minimum absolute atomic E-state index is 0.165. The Morgan fingerprint density at radius 3 is 2.54 bits per heavy atom. The van der Waals surface area contributed by atoms with E-state index in [0.29, 0.717) is 19.4 Å². The van der Waals surface area contributed by atoms with Crippen LogP contribution in [0, 0.1) is 12.7 Å². The van der Waals surface area contributed by atoms with Crippen LogP contribution in [-0.4, -0.2) is 17.8 Å². The molecule has 0 aliphatic carbocycles. The highest BCUT2D eigenvalue weighted by Gasteiger charge is 2.24. The van der Waals surface area contributed by atoms with Gasteiger partial charge in [0, 0.05) is 12.1 Å². The first-order valence-corrected chi connectivity index (χ1v) is 9.65. The molecule has 0 aromatic heterocycles. The first kappa shape index (κ1) is 20.6. The molecule has 0 aliphatic heterocycles. The van der Waals surface area contributed by atoms with Gasteiger partial charge in [0.1, 0.15) is 5.82 Å². The number of hydrogen-bond acceptors (Lipinski definition) is 2. The van der Waals surface area contributed by atoms with E-state index >= 15 is 0 Å². The van der Waals surface area contributed by atoms with Crippen LogP contribution in [0.3, 0.4) is 0 Å². The van der Waals surface area contributed by atoms with Crippen LogP contribution < -0.4 is 5.32 Å². The van der Waals surface area contributed by atoms with Gasteiger partial charge in [-0.25, -0.2) is 4.39 Å². The van der Waals surface area contributed by atoms with Crippen molar-refractivity contribution in [3.05, 3.63) is 70.5 Å². The number of aliphatic hydroxyl groups excluding tert-OH is 1. The van der Waals surface area contributed by atoms with Crippen molar-refractivity contribution < 1.29 is 9.50 Å². The van der Waals surface area contributed by atoms with Gasteiger partial charge in [-0.1, -0.05) is 44.2 Å². The predicted molar refractivity (Wildman–Crippen MR) is 107 cm³/mol. The highest BCUT2D eigenvalue weighted by molar-refractivity contribution is 5.29. The van der Waals surface area contributed by atoms with Gasteiger partial charge < -0.3 is 10.4 Å². The summed E-state index contributed by atoms with van der Waals surface area (Å²) in [6, 6.07) is 13.7. The zero-order chi connectivity index (χ0) is 19.2. The summed E-state index contributed by atoms with van der Waals surface area (Å²) < 4.78 is 13.5. The quantitative estimate of drug-likeness (QED) is 0.669. The van der Waals surface area contributed by atoms with Crippen molar-refractivity contribution in [2.45, 2.75) is 65.0 Å². The Balaban J connectivity index is 1.94. The predicted octanol–water partition coefficient (Wildman–Crippen LogP) is 4.91. The van der Waals surface area contributed by atoms with Crippen molar-refractivity contribution in [1.82, 2.24) is 5.32 Å². The monoisotopic (exact) mass is 357 g/mol. The fraction of sp³-hybridized carbons (Fsp3) is 0.478. The van der Waals surface area contributed by atoms with Gasteiger partial charge in [0.2, 0.25) is 0 Å². The van der Waals surface area contributed by atoms with Gasteiger partial charge in [-0.15, -0.1) is 0 Å². The normalized spacial score (nSPS) is 14.8. The highest BCUT2D eigenvalue weighted by atomic mass is 19.1. The average Bonchev–Trinajstić information content (AvgIpc) is 2.63. The molecule has 142 valence electrons. The van der Waals surface area contributed by atoms with Gasteiger partial charge in [0.15, 0.2) is 0 Å². The molecule has 2 N–H and O–H groups in total. The largest absolute Gasteiger partial charge is 0.392 e. The van der Waals surface area contributed by atoms with Crippen LogP contribution >= 0.6 is 0 Å². The third kappa shape index (κ3) is 5.65. The molecule has 0 radical (unpaired) electrons. The average molecular weight is 358 g/mol. The lowest BCUT2D eigenvalue weighted by molar-refractivity contribution is 0.146. The smallest absolute Gasteiger partial charge is 0.123 e. The molecule has 0 saturated heterocycles. The summed E-state index contributed by atoms with van der Waals surface area (Å²) >= 11 is 0. The summed E-state index contributed by atoms with van der Waals surface area (Å²) in [7, 11) is 0. The van der Waals surface area contributed by atoms with Gasteiger partial charge in [-0.3, -0.25) is 0 Å². The summed E-state index contributed by atoms with van der Waals surface area (Å²) in [6.45, 7) is 8.92. The Morgan fingerprint density at radius 2 is 1.88 bits per heavy atom. The van der Waals surface area contributed by atoms with Crippen molar-refractivity contribution in [2.75, 3.05) is 6.54 Å². The number of hydrogen-bond donors (Lipinski definition) is 2. The number of aliphatic hydroxyl groups is 1. The molecule has 2 aromatic carbocycles. The van der Waals surface area contributed by atoms with Crippen LogP contribution in [0.2, 0.25) is 0 Å². The van der Waals surface area contributed by atoms with E-state index in [-0.39, 0.29) is 11.4 Å². The summed E-state index contributed by atoms with van der Waals surface area (Å²) in [5.74, 6) is -0.207. The fourth-order valence-electron chi connectivity index (χ4n) is 3.30. The van der Waals surface area contributed by atoms with E-state index in [0.717, 1.165) is 24.0 Å². The third-order valence-corrected chi connectivity index (χ3v) is 5.28. The van der Waals surface area contributed by atoms with Crippen LogP contribution in [-0.2, 0) is 18.4 Å². The second-order valence-electron chi connectivity index (χ2n) is 7.45. The standard InChI is InChI=1S/C23H32FNO/c1-5-18-8-7-9-20(14-18)23(4,6-2)25-16-22(26)11-10-19-12-17(3)13-21(24)15-19/h7-9,12-15,22,25-26H,5-6,10-11,16H2,1-4H3. The van der Waals surface area contributed by atoms with Crippen LogP contribution in [0.5, 0.6) is 0 Å². The Morgan fingerprint density at radius 1 is 1.12 bits per heavy atom. The van der Waals surface area contributed by atoms with Gasteiger partial charge in [-0.2, -0.15) is 0 Å². The number of rotatable bonds is 9. The van der Waals surface area contributed by atoms with E-state index in [4.69, 9.17) is 0 Å². The second-order valence-corrected chi connectivity index (χ2v) is 7.45. The highest BCUT2D eigenvalue weighted by Crippen LogP contribution is 2.25. The second kappa shape index (κ2) is 9.29. The molecule has 2 aromatic rings. The first-order valence-electron chi connectivity index (χ1n) is 9.65. The number of halogens is 1. The molecule has 2 atom stereocenters. The van der Waals surface area contributed by atoms with Crippen molar-refractivity contribution in [3.63, 3.8) is 0 Å². The maximum atomic E-state index is 13.5. The summed E-state index contributed by atoms with van der Waals surface area (Å²) in [4.78, 5) is 0. The molecule has 0 heterocycles. The first-order chi connectivity index (χ1) is 12.4. The molecule has 2 nitrogen and oxygen atoms in total.